The van der Waals surface area contributed by atoms with Gasteiger partial charge in [0.1, 0.15) is 12.6 Å². The smallest absolute Gasteiger partial charge is 0.244 e. The van der Waals surface area contributed by atoms with Crippen LogP contribution in [0.1, 0.15) is 39.2 Å². The Balaban J connectivity index is 1.97. The van der Waals surface area contributed by atoms with E-state index in [2.05, 4.69) is 5.32 Å². The van der Waals surface area contributed by atoms with Crippen molar-refractivity contribution < 1.29 is 27.5 Å². The number of carbonyl (C=O) groups excluding carboxylic acids is 2. The van der Waals surface area contributed by atoms with E-state index in [1.54, 1.807) is 36.4 Å². The fourth-order valence-corrected chi connectivity index (χ4v) is 5.10. The molecular weight excluding hydrogens is 506 g/mol. The minimum absolute atomic E-state index is 0.0366. The predicted molar refractivity (Wildman–Crippen MR) is 139 cm³/mol. The molecule has 1 aliphatic heterocycles. The van der Waals surface area contributed by atoms with E-state index in [1.165, 1.54) is 17.9 Å². The fraction of sp³-hybridized carbons (Fsp3) is 0.440. The minimum Gasteiger partial charge on any atom is -0.454 e. The van der Waals surface area contributed by atoms with Crippen LogP contribution in [0.3, 0.4) is 0 Å². The number of fused-ring (bicyclic) bond motifs is 1. The Labute approximate surface area is 217 Å². The van der Waals surface area contributed by atoms with Gasteiger partial charge in [0.15, 0.2) is 11.5 Å². The lowest BCUT2D eigenvalue weighted by atomic mass is 10.1. The molecule has 1 atom stereocenters. The molecule has 0 saturated heterocycles. The van der Waals surface area contributed by atoms with Crippen LogP contribution in [0.2, 0.25) is 5.02 Å². The standard InChI is InChI=1S/C25H32ClN3O6S/c1-4-13-27-25(31)21(5-2)28(15-18-9-7-8-10-20(18)26)24(30)16-29(36(32,33)6-3)19-11-12-22-23(14-19)35-17-34-22/h7-12,14,21H,4-6,13,15-17H2,1-3H3,(H,27,31)/t21-/m0/s1. The number of hydrogen-bond donors (Lipinski definition) is 1. The van der Waals surface area contributed by atoms with Crippen molar-refractivity contribution in [2.75, 3.05) is 29.9 Å². The van der Waals surface area contributed by atoms with Gasteiger partial charge >= 0.3 is 0 Å². The second-order valence-electron chi connectivity index (χ2n) is 8.27. The second-order valence-corrected chi connectivity index (χ2v) is 10.9. The summed E-state index contributed by atoms with van der Waals surface area (Å²) in [6.07, 6.45) is 1.09. The van der Waals surface area contributed by atoms with Crippen molar-refractivity contribution in [2.45, 2.75) is 46.2 Å². The van der Waals surface area contributed by atoms with Crippen LogP contribution in [0, 0.1) is 0 Å². The van der Waals surface area contributed by atoms with Gasteiger partial charge in [0, 0.05) is 24.2 Å². The zero-order valence-corrected chi connectivity index (χ0v) is 22.3. The van der Waals surface area contributed by atoms with Crippen molar-refractivity contribution in [3.05, 3.63) is 53.1 Å². The third kappa shape index (κ3) is 6.41. The first-order valence-electron chi connectivity index (χ1n) is 11.9. The van der Waals surface area contributed by atoms with Gasteiger partial charge in [-0.15, -0.1) is 0 Å². The average Bonchev–Trinajstić information content (AvgIpc) is 3.34. The topological polar surface area (TPSA) is 105 Å². The van der Waals surface area contributed by atoms with Crippen LogP contribution in [0.15, 0.2) is 42.5 Å². The molecule has 1 N–H and O–H groups in total. The van der Waals surface area contributed by atoms with Crippen molar-refractivity contribution in [2.24, 2.45) is 0 Å². The average molecular weight is 538 g/mol. The van der Waals surface area contributed by atoms with Crippen LogP contribution in [0.25, 0.3) is 0 Å². The van der Waals surface area contributed by atoms with E-state index in [-0.39, 0.29) is 30.7 Å². The Morgan fingerprint density at radius 3 is 2.47 bits per heavy atom. The summed E-state index contributed by atoms with van der Waals surface area (Å²) in [4.78, 5) is 28.1. The van der Waals surface area contributed by atoms with E-state index in [4.69, 9.17) is 21.1 Å². The number of halogens is 1. The summed E-state index contributed by atoms with van der Waals surface area (Å²) in [6, 6.07) is 11.0. The third-order valence-corrected chi connectivity index (χ3v) is 7.97. The first kappa shape index (κ1) is 27.6. The number of nitrogens with zero attached hydrogens (tertiary/aromatic N) is 2. The van der Waals surface area contributed by atoms with Crippen LogP contribution >= 0.6 is 11.6 Å². The molecule has 0 spiro atoms. The normalized spacial score (nSPS) is 13.2. The number of hydrogen-bond acceptors (Lipinski definition) is 6. The van der Waals surface area contributed by atoms with Crippen molar-refractivity contribution in [1.29, 1.82) is 0 Å². The van der Waals surface area contributed by atoms with Gasteiger partial charge in [-0.3, -0.25) is 13.9 Å². The molecule has 0 unspecified atom stereocenters. The molecule has 0 bridgehead atoms. The van der Waals surface area contributed by atoms with E-state index in [0.29, 0.717) is 35.1 Å². The number of nitrogens with one attached hydrogen (secondary N) is 1. The molecule has 196 valence electrons. The maximum atomic E-state index is 13.8. The molecule has 0 saturated carbocycles. The minimum atomic E-state index is -3.84. The summed E-state index contributed by atoms with van der Waals surface area (Å²) < 4.78 is 37.9. The summed E-state index contributed by atoms with van der Waals surface area (Å²) in [6.45, 7) is 5.32. The first-order valence-corrected chi connectivity index (χ1v) is 13.9. The highest BCUT2D eigenvalue weighted by Crippen LogP contribution is 2.36. The summed E-state index contributed by atoms with van der Waals surface area (Å²) in [5, 5.41) is 3.30. The van der Waals surface area contributed by atoms with Gasteiger partial charge in [-0.05, 0) is 43.5 Å². The van der Waals surface area contributed by atoms with Gasteiger partial charge in [-0.25, -0.2) is 8.42 Å². The Morgan fingerprint density at radius 1 is 1.08 bits per heavy atom. The Morgan fingerprint density at radius 2 is 1.81 bits per heavy atom. The zero-order chi connectivity index (χ0) is 26.3. The van der Waals surface area contributed by atoms with Crippen LogP contribution < -0.4 is 19.1 Å². The highest BCUT2D eigenvalue weighted by Gasteiger charge is 2.33. The molecule has 2 aromatic carbocycles. The Hall–Kier alpha value is -2.98. The highest BCUT2D eigenvalue weighted by molar-refractivity contribution is 7.92. The fourth-order valence-electron chi connectivity index (χ4n) is 3.86. The molecule has 2 amide bonds. The van der Waals surface area contributed by atoms with Crippen molar-refractivity contribution in [3.63, 3.8) is 0 Å². The summed E-state index contributed by atoms with van der Waals surface area (Å²) in [7, 11) is -3.84. The molecule has 1 heterocycles. The Bertz CT molecular complexity index is 1190. The first-order chi connectivity index (χ1) is 17.2. The third-order valence-electron chi connectivity index (χ3n) is 5.86. The number of amides is 2. The quantitative estimate of drug-likeness (QED) is 0.444. The number of anilines is 1. The van der Waals surface area contributed by atoms with Gasteiger partial charge < -0.3 is 19.7 Å². The number of carbonyl (C=O) groups is 2. The van der Waals surface area contributed by atoms with Crippen LogP contribution in [-0.4, -0.2) is 56.8 Å². The van der Waals surface area contributed by atoms with Crippen LogP contribution in [0.5, 0.6) is 11.5 Å². The van der Waals surface area contributed by atoms with E-state index in [1.807, 2.05) is 13.8 Å². The van der Waals surface area contributed by atoms with Gasteiger partial charge in [-0.2, -0.15) is 0 Å². The predicted octanol–water partition coefficient (Wildman–Crippen LogP) is 3.56. The molecule has 1 aliphatic rings. The lowest BCUT2D eigenvalue weighted by Crippen LogP contribution is -2.52. The molecule has 9 nitrogen and oxygen atoms in total. The van der Waals surface area contributed by atoms with E-state index >= 15 is 0 Å². The summed E-state index contributed by atoms with van der Waals surface area (Å²) >= 11 is 6.36. The van der Waals surface area contributed by atoms with Crippen molar-refractivity contribution in [1.82, 2.24) is 10.2 Å². The molecule has 3 rings (SSSR count). The lowest BCUT2D eigenvalue weighted by Gasteiger charge is -2.33. The summed E-state index contributed by atoms with van der Waals surface area (Å²) in [5.74, 6) is -0.142. The van der Waals surface area contributed by atoms with Crippen LogP contribution in [-0.2, 0) is 26.2 Å². The maximum absolute atomic E-state index is 13.8. The number of benzene rings is 2. The highest BCUT2D eigenvalue weighted by atomic mass is 35.5. The number of sulfonamides is 1. The van der Waals surface area contributed by atoms with Crippen molar-refractivity contribution in [3.8, 4) is 11.5 Å². The number of ether oxygens (including phenoxy) is 2. The monoisotopic (exact) mass is 537 g/mol. The van der Waals surface area contributed by atoms with Crippen LogP contribution in [0.4, 0.5) is 5.69 Å². The maximum Gasteiger partial charge on any atom is 0.244 e. The lowest BCUT2D eigenvalue weighted by molar-refractivity contribution is -0.140. The summed E-state index contributed by atoms with van der Waals surface area (Å²) in [5.41, 5.74) is 0.929. The molecule has 0 radical (unpaired) electrons. The zero-order valence-electron chi connectivity index (χ0n) is 20.7. The van der Waals surface area contributed by atoms with E-state index in [9.17, 15) is 18.0 Å². The molecule has 0 fully saturated rings. The van der Waals surface area contributed by atoms with Gasteiger partial charge in [0.05, 0.1) is 11.4 Å². The van der Waals surface area contributed by atoms with Gasteiger partial charge in [0.25, 0.3) is 0 Å². The van der Waals surface area contributed by atoms with Gasteiger partial charge in [0.2, 0.25) is 28.6 Å². The molecule has 11 heteroatoms. The number of rotatable bonds is 12. The van der Waals surface area contributed by atoms with Crippen molar-refractivity contribution >= 4 is 39.1 Å². The molecule has 2 aromatic rings. The second kappa shape index (κ2) is 12.3. The van der Waals surface area contributed by atoms with E-state index in [0.717, 1.165) is 10.7 Å². The molecule has 36 heavy (non-hydrogen) atoms. The Kier molecular flexibility index (Phi) is 9.44. The van der Waals surface area contributed by atoms with E-state index < -0.39 is 28.5 Å². The largest absolute Gasteiger partial charge is 0.454 e. The molecule has 0 aromatic heterocycles. The SMILES string of the molecule is CCCNC(=O)[C@H](CC)N(Cc1ccccc1Cl)C(=O)CN(c1ccc2c(c1)OCO2)S(=O)(=O)CC. The molecule has 0 aliphatic carbocycles. The molecular formula is C25H32ClN3O6S. The van der Waals surface area contributed by atoms with Gasteiger partial charge in [-0.1, -0.05) is 43.6 Å².